The molecular formula is C11H24N2O3. The van der Waals surface area contributed by atoms with Gasteiger partial charge in [0.1, 0.15) is 0 Å². The van der Waals surface area contributed by atoms with E-state index < -0.39 is 0 Å². The quantitative estimate of drug-likeness (QED) is 0.627. The van der Waals surface area contributed by atoms with Gasteiger partial charge in [-0.3, -0.25) is 10.1 Å². The molecule has 0 aromatic heterocycles. The minimum atomic E-state index is -0.353. The minimum Gasteiger partial charge on any atom is -0.354 e. The van der Waals surface area contributed by atoms with Crippen molar-refractivity contribution < 1.29 is 14.3 Å². The van der Waals surface area contributed by atoms with Gasteiger partial charge in [-0.25, -0.2) is 0 Å². The molecule has 0 saturated carbocycles. The Balaban J connectivity index is 4.11. The first-order chi connectivity index (χ1) is 7.42. The smallest absolute Gasteiger partial charge is 0.237 e. The van der Waals surface area contributed by atoms with E-state index in [0.717, 1.165) is 0 Å². The second kappa shape index (κ2) is 7.60. The first kappa shape index (κ1) is 15.3. The third-order valence-corrected chi connectivity index (χ3v) is 2.21. The highest BCUT2D eigenvalue weighted by molar-refractivity contribution is 5.81. The molecule has 5 heteroatoms. The van der Waals surface area contributed by atoms with Gasteiger partial charge in [-0.2, -0.15) is 0 Å². The van der Waals surface area contributed by atoms with Gasteiger partial charge < -0.3 is 14.8 Å². The van der Waals surface area contributed by atoms with E-state index in [4.69, 9.17) is 9.47 Å². The van der Waals surface area contributed by atoms with E-state index in [2.05, 4.69) is 10.6 Å². The second-order valence-electron chi connectivity index (χ2n) is 4.18. The molecule has 2 unspecified atom stereocenters. The highest BCUT2D eigenvalue weighted by Gasteiger charge is 2.21. The number of hydrogen-bond donors (Lipinski definition) is 2. The maximum atomic E-state index is 11.6. The average molecular weight is 232 g/mol. The van der Waals surface area contributed by atoms with Crippen LogP contribution >= 0.6 is 0 Å². The Morgan fingerprint density at radius 3 is 1.94 bits per heavy atom. The lowest BCUT2D eigenvalue weighted by Crippen LogP contribution is -2.51. The molecule has 0 aliphatic rings. The molecule has 16 heavy (non-hydrogen) atoms. The fourth-order valence-electron chi connectivity index (χ4n) is 1.46. The fourth-order valence-corrected chi connectivity index (χ4v) is 1.46. The van der Waals surface area contributed by atoms with Crippen LogP contribution in [0.1, 0.15) is 27.7 Å². The molecule has 1 amide bonds. The van der Waals surface area contributed by atoms with Gasteiger partial charge in [0.15, 0.2) is 6.29 Å². The first-order valence-corrected chi connectivity index (χ1v) is 5.54. The molecule has 0 saturated heterocycles. The van der Waals surface area contributed by atoms with Crippen LogP contribution in [0.4, 0.5) is 0 Å². The Bertz CT molecular complexity index is 205. The van der Waals surface area contributed by atoms with Crippen LogP contribution in [0.15, 0.2) is 0 Å². The summed E-state index contributed by atoms with van der Waals surface area (Å²) in [4.78, 5) is 11.6. The van der Waals surface area contributed by atoms with Crippen molar-refractivity contribution in [1.29, 1.82) is 0 Å². The Morgan fingerprint density at radius 1 is 1.06 bits per heavy atom. The van der Waals surface area contributed by atoms with Gasteiger partial charge in [-0.05, 0) is 27.7 Å². The Hall–Kier alpha value is -0.650. The summed E-state index contributed by atoms with van der Waals surface area (Å²) >= 11 is 0. The van der Waals surface area contributed by atoms with Crippen molar-refractivity contribution in [2.24, 2.45) is 0 Å². The standard InChI is InChI=1S/C11H24N2O3/c1-7(2)12-10(14)8(3)13-9(4)11(15-5)16-6/h7-9,11,13H,1-6H3,(H,12,14). The molecule has 0 heterocycles. The van der Waals surface area contributed by atoms with E-state index in [-0.39, 0.29) is 30.3 Å². The number of amides is 1. The molecule has 0 rings (SSSR count). The van der Waals surface area contributed by atoms with Crippen LogP contribution < -0.4 is 10.6 Å². The molecule has 0 aliphatic heterocycles. The maximum Gasteiger partial charge on any atom is 0.237 e. The van der Waals surface area contributed by atoms with Crippen LogP contribution in [-0.4, -0.2) is 44.5 Å². The lowest BCUT2D eigenvalue weighted by atomic mass is 10.2. The number of nitrogens with one attached hydrogen (secondary N) is 2. The van der Waals surface area contributed by atoms with Gasteiger partial charge in [0.25, 0.3) is 0 Å². The van der Waals surface area contributed by atoms with Crippen LogP contribution in [0.3, 0.4) is 0 Å². The van der Waals surface area contributed by atoms with Crippen LogP contribution in [0, 0.1) is 0 Å². The zero-order valence-electron chi connectivity index (χ0n) is 11.0. The number of rotatable bonds is 7. The van der Waals surface area contributed by atoms with E-state index in [9.17, 15) is 4.79 Å². The van der Waals surface area contributed by atoms with E-state index >= 15 is 0 Å². The average Bonchev–Trinajstić information content (AvgIpc) is 2.18. The fraction of sp³-hybridized carbons (Fsp3) is 0.909. The Labute approximate surface area is 97.9 Å². The van der Waals surface area contributed by atoms with Gasteiger partial charge in [0.05, 0.1) is 12.1 Å². The van der Waals surface area contributed by atoms with Crippen molar-refractivity contribution in [2.45, 2.75) is 52.1 Å². The Morgan fingerprint density at radius 2 is 1.56 bits per heavy atom. The highest BCUT2D eigenvalue weighted by atomic mass is 16.7. The van der Waals surface area contributed by atoms with Gasteiger partial charge in [0, 0.05) is 20.3 Å². The van der Waals surface area contributed by atoms with Crippen molar-refractivity contribution in [3.05, 3.63) is 0 Å². The first-order valence-electron chi connectivity index (χ1n) is 5.54. The third kappa shape index (κ3) is 5.44. The number of carbonyl (C=O) groups is 1. The normalized spacial score (nSPS) is 15.2. The molecule has 0 aromatic carbocycles. The maximum absolute atomic E-state index is 11.6. The van der Waals surface area contributed by atoms with Crippen LogP contribution in [0.2, 0.25) is 0 Å². The molecule has 5 nitrogen and oxygen atoms in total. The number of ether oxygens (including phenoxy) is 2. The summed E-state index contributed by atoms with van der Waals surface area (Å²) in [5, 5.41) is 5.96. The van der Waals surface area contributed by atoms with Crippen molar-refractivity contribution in [3.8, 4) is 0 Å². The molecule has 0 aromatic rings. The summed E-state index contributed by atoms with van der Waals surface area (Å²) in [7, 11) is 3.15. The number of methoxy groups -OCH3 is 2. The molecule has 0 fully saturated rings. The van der Waals surface area contributed by atoms with Crippen molar-refractivity contribution in [3.63, 3.8) is 0 Å². The zero-order chi connectivity index (χ0) is 12.7. The molecule has 96 valence electrons. The minimum absolute atomic E-state index is 0.0205. The summed E-state index contributed by atoms with van der Waals surface area (Å²) in [6.45, 7) is 7.59. The summed E-state index contributed by atoms with van der Waals surface area (Å²) < 4.78 is 10.2. The largest absolute Gasteiger partial charge is 0.354 e. The molecule has 2 N–H and O–H groups in total. The summed E-state index contributed by atoms with van der Waals surface area (Å²) in [5.41, 5.74) is 0. The molecular weight excluding hydrogens is 208 g/mol. The van der Waals surface area contributed by atoms with E-state index in [0.29, 0.717) is 0 Å². The van der Waals surface area contributed by atoms with Crippen molar-refractivity contribution >= 4 is 5.91 Å². The molecule has 0 aliphatic carbocycles. The topological polar surface area (TPSA) is 59.6 Å². The number of hydrogen-bond acceptors (Lipinski definition) is 4. The summed E-state index contributed by atoms with van der Waals surface area (Å²) in [6, 6.07) is -0.180. The van der Waals surface area contributed by atoms with E-state index in [1.54, 1.807) is 14.2 Å². The van der Waals surface area contributed by atoms with Crippen LogP contribution in [0.5, 0.6) is 0 Å². The SMILES string of the molecule is COC(OC)C(C)NC(C)C(=O)NC(C)C. The van der Waals surface area contributed by atoms with Crippen LogP contribution in [0.25, 0.3) is 0 Å². The summed E-state index contributed by atoms with van der Waals surface area (Å²) in [5.74, 6) is -0.0205. The molecule has 0 spiro atoms. The summed E-state index contributed by atoms with van der Waals surface area (Å²) in [6.07, 6.45) is -0.353. The van der Waals surface area contributed by atoms with Gasteiger partial charge in [0.2, 0.25) is 5.91 Å². The van der Waals surface area contributed by atoms with Crippen molar-refractivity contribution in [2.75, 3.05) is 14.2 Å². The predicted molar refractivity (Wildman–Crippen MR) is 63.1 cm³/mol. The molecule has 0 bridgehead atoms. The lowest BCUT2D eigenvalue weighted by Gasteiger charge is -2.25. The van der Waals surface area contributed by atoms with E-state index in [1.165, 1.54) is 0 Å². The second-order valence-corrected chi connectivity index (χ2v) is 4.18. The molecule has 2 atom stereocenters. The van der Waals surface area contributed by atoms with Gasteiger partial charge in [-0.15, -0.1) is 0 Å². The van der Waals surface area contributed by atoms with Gasteiger partial charge in [-0.1, -0.05) is 0 Å². The van der Waals surface area contributed by atoms with Crippen molar-refractivity contribution in [1.82, 2.24) is 10.6 Å². The third-order valence-electron chi connectivity index (χ3n) is 2.21. The van der Waals surface area contributed by atoms with E-state index in [1.807, 2.05) is 27.7 Å². The van der Waals surface area contributed by atoms with Crippen LogP contribution in [-0.2, 0) is 14.3 Å². The highest BCUT2D eigenvalue weighted by Crippen LogP contribution is 2.00. The predicted octanol–water partition coefficient (Wildman–Crippen LogP) is 0.497. The molecule has 0 radical (unpaired) electrons. The lowest BCUT2D eigenvalue weighted by molar-refractivity contribution is -0.130. The number of carbonyl (C=O) groups excluding carboxylic acids is 1. The Kier molecular flexibility index (Phi) is 7.29. The zero-order valence-corrected chi connectivity index (χ0v) is 11.0. The monoisotopic (exact) mass is 232 g/mol. The van der Waals surface area contributed by atoms with Gasteiger partial charge >= 0.3 is 0 Å².